The molecule has 122 valence electrons. The molecule has 1 aliphatic heterocycles. The average molecular weight is 302 g/mol. The maximum atomic E-state index is 6.38. The monoisotopic (exact) mass is 302 g/mol. The minimum atomic E-state index is 0.304. The predicted octanol–water partition coefficient (Wildman–Crippen LogP) is 3.39. The first kappa shape index (κ1) is 15.8. The number of piperidine rings is 1. The van der Waals surface area contributed by atoms with Crippen molar-refractivity contribution in [1.29, 1.82) is 0 Å². The fourth-order valence-electron chi connectivity index (χ4n) is 4.06. The van der Waals surface area contributed by atoms with E-state index < -0.39 is 0 Å². The van der Waals surface area contributed by atoms with Crippen LogP contribution in [0.25, 0.3) is 0 Å². The third kappa shape index (κ3) is 3.64. The molecule has 2 N–H and O–H groups in total. The Balaban J connectivity index is 1.69. The lowest BCUT2D eigenvalue weighted by atomic mass is 9.87. The van der Waals surface area contributed by atoms with Crippen LogP contribution in [-0.2, 0) is 0 Å². The van der Waals surface area contributed by atoms with Crippen molar-refractivity contribution in [2.75, 3.05) is 19.7 Å². The average Bonchev–Trinajstić information content (AvgIpc) is 3.33. The van der Waals surface area contributed by atoms with Crippen LogP contribution >= 0.6 is 0 Å². The zero-order valence-corrected chi connectivity index (χ0v) is 14.0. The highest BCUT2D eigenvalue weighted by atomic mass is 16.5. The van der Waals surface area contributed by atoms with E-state index in [0.717, 1.165) is 43.8 Å². The number of hydrogen-bond acceptors (Lipinski definition) is 3. The van der Waals surface area contributed by atoms with Gasteiger partial charge in [0.05, 0.1) is 6.61 Å². The number of nitrogens with two attached hydrogens (primary N) is 1. The number of hydrogen-bond donors (Lipinski definition) is 1. The molecule has 1 aliphatic carbocycles. The van der Waals surface area contributed by atoms with Crippen molar-refractivity contribution < 1.29 is 4.74 Å². The molecule has 2 aliphatic rings. The molecule has 22 heavy (non-hydrogen) atoms. The smallest absolute Gasteiger partial charge is 0.119 e. The summed E-state index contributed by atoms with van der Waals surface area (Å²) in [5.74, 6) is 2.45. The SMILES string of the molecule is CCOc1ccc(C2CC(N)CN(C(CC)C3CC3)C2)cc1. The van der Waals surface area contributed by atoms with Crippen molar-refractivity contribution in [2.45, 2.75) is 57.5 Å². The number of likely N-dealkylation sites (tertiary alicyclic amines) is 1. The fourth-order valence-corrected chi connectivity index (χ4v) is 4.06. The molecule has 0 amide bonds. The lowest BCUT2D eigenvalue weighted by Gasteiger charge is -2.41. The molecule has 3 unspecified atom stereocenters. The molecule has 0 aromatic heterocycles. The first-order valence-electron chi connectivity index (χ1n) is 8.93. The summed E-state index contributed by atoms with van der Waals surface area (Å²) in [6.45, 7) is 7.31. The van der Waals surface area contributed by atoms with Crippen LogP contribution < -0.4 is 10.5 Å². The number of benzene rings is 1. The van der Waals surface area contributed by atoms with Gasteiger partial charge in [0.1, 0.15) is 5.75 Å². The van der Waals surface area contributed by atoms with Crippen LogP contribution in [0.5, 0.6) is 5.75 Å². The van der Waals surface area contributed by atoms with Crippen LogP contribution in [0.1, 0.15) is 51.0 Å². The standard InChI is InChI=1S/C19H30N2O/c1-3-19(15-5-6-15)21-12-16(11-17(20)13-21)14-7-9-18(10-8-14)22-4-2/h7-10,15-17,19H,3-6,11-13,20H2,1-2H3. The van der Waals surface area contributed by atoms with Crippen molar-refractivity contribution in [3.8, 4) is 5.75 Å². The Bertz CT molecular complexity index is 469. The molecule has 3 nitrogen and oxygen atoms in total. The first-order valence-corrected chi connectivity index (χ1v) is 8.93. The number of ether oxygens (including phenoxy) is 1. The van der Waals surface area contributed by atoms with Gasteiger partial charge in [-0.1, -0.05) is 19.1 Å². The molecule has 3 rings (SSSR count). The molecular weight excluding hydrogens is 272 g/mol. The summed E-state index contributed by atoms with van der Waals surface area (Å²) in [5.41, 5.74) is 7.79. The second-order valence-corrected chi connectivity index (χ2v) is 6.96. The van der Waals surface area contributed by atoms with Crippen molar-refractivity contribution in [3.63, 3.8) is 0 Å². The number of nitrogens with zero attached hydrogens (tertiary/aromatic N) is 1. The van der Waals surface area contributed by atoms with Crippen LogP contribution in [0.4, 0.5) is 0 Å². The first-order chi connectivity index (χ1) is 10.7. The van der Waals surface area contributed by atoms with Gasteiger partial charge < -0.3 is 10.5 Å². The minimum Gasteiger partial charge on any atom is -0.494 e. The molecule has 1 heterocycles. The van der Waals surface area contributed by atoms with Crippen molar-refractivity contribution >= 4 is 0 Å². The topological polar surface area (TPSA) is 38.5 Å². The van der Waals surface area contributed by atoms with E-state index in [2.05, 4.69) is 36.1 Å². The maximum Gasteiger partial charge on any atom is 0.119 e. The van der Waals surface area contributed by atoms with Gasteiger partial charge in [-0.05, 0) is 62.1 Å². The van der Waals surface area contributed by atoms with Gasteiger partial charge in [0, 0.05) is 25.2 Å². The van der Waals surface area contributed by atoms with E-state index in [4.69, 9.17) is 10.5 Å². The summed E-state index contributed by atoms with van der Waals surface area (Å²) in [6.07, 6.45) is 5.19. The molecule has 1 aromatic carbocycles. The Hall–Kier alpha value is -1.06. The summed E-state index contributed by atoms with van der Waals surface area (Å²) in [4.78, 5) is 2.67. The third-order valence-corrected chi connectivity index (χ3v) is 5.23. The molecule has 0 bridgehead atoms. The Morgan fingerprint density at radius 3 is 2.50 bits per heavy atom. The summed E-state index contributed by atoms with van der Waals surface area (Å²) in [7, 11) is 0. The summed E-state index contributed by atoms with van der Waals surface area (Å²) >= 11 is 0. The minimum absolute atomic E-state index is 0.304. The molecule has 1 saturated heterocycles. The van der Waals surface area contributed by atoms with Gasteiger partial charge in [0.25, 0.3) is 0 Å². The van der Waals surface area contributed by atoms with Crippen LogP contribution in [0.2, 0.25) is 0 Å². The van der Waals surface area contributed by atoms with Gasteiger partial charge in [0.2, 0.25) is 0 Å². The highest BCUT2D eigenvalue weighted by Gasteiger charge is 2.37. The van der Waals surface area contributed by atoms with E-state index in [1.165, 1.54) is 24.8 Å². The lowest BCUT2D eigenvalue weighted by Crippen LogP contribution is -2.50. The van der Waals surface area contributed by atoms with E-state index in [0.29, 0.717) is 12.0 Å². The quantitative estimate of drug-likeness (QED) is 0.875. The zero-order chi connectivity index (χ0) is 15.5. The van der Waals surface area contributed by atoms with Gasteiger partial charge >= 0.3 is 0 Å². The molecule has 3 atom stereocenters. The van der Waals surface area contributed by atoms with Crippen LogP contribution in [-0.4, -0.2) is 36.7 Å². The second kappa shape index (κ2) is 7.01. The fraction of sp³-hybridized carbons (Fsp3) is 0.684. The molecule has 1 saturated carbocycles. The zero-order valence-electron chi connectivity index (χ0n) is 14.0. The highest BCUT2D eigenvalue weighted by molar-refractivity contribution is 5.30. The van der Waals surface area contributed by atoms with E-state index in [1.54, 1.807) is 0 Å². The van der Waals surface area contributed by atoms with E-state index in [9.17, 15) is 0 Å². The van der Waals surface area contributed by atoms with Crippen molar-refractivity contribution in [3.05, 3.63) is 29.8 Å². The third-order valence-electron chi connectivity index (χ3n) is 5.23. The van der Waals surface area contributed by atoms with Crippen molar-refractivity contribution in [1.82, 2.24) is 4.90 Å². The summed E-state index contributed by atoms with van der Waals surface area (Å²) < 4.78 is 5.55. The summed E-state index contributed by atoms with van der Waals surface area (Å²) in [5, 5.41) is 0. The summed E-state index contributed by atoms with van der Waals surface area (Å²) in [6, 6.07) is 9.70. The van der Waals surface area contributed by atoms with Gasteiger partial charge in [-0.15, -0.1) is 0 Å². The predicted molar refractivity (Wildman–Crippen MR) is 91.3 cm³/mol. The maximum absolute atomic E-state index is 6.38. The number of rotatable bonds is 6. The van der Waals surface area contributed by atoms with Crippen LogP contribution in [0.3, 0.4) is 0 Å². The van der Waals surface area contributed by atoms with E-state index in [-0.39, 0.29) is 0 Å². The Morgan fingerprint density at radius 2 is 1.91 bits per heavy atom. The normalized spacial score (nSPS) is 27.6. The van der Waals surface area contributed by atoms with Crippen molar-refractivity contribution in [2.24, 2.45) is 11.7 Å². The van der Waals surface area contributed by atoms with Gasteiger partial charge in [-0.2, -0.15) is 0 Å². The van der Waals surface area contributed by atoms with Gasteiger partial charge in [0.15, 0.2) is 0 Å². The largest absolute Gasteiger partial charge is 0.494 e. The molecule has 3 heteroatoms. The molecule has 2 fully saturated rings. The van der Waals surface area contributed by atoms with Gasteiger partial charge in [-0.25, -0.2) is 0 Å². The second-order valence-electron chi connectivity index (χ2n) is 6.96. The molecule has 0 radical (unpaired) electrons. The van der Waals surface area contributed by atoms with Crippen LogP contribution in [0, 0.1) is 5.92 Å². The highest BCUT2D eigenvalue weighted by Crippen LogP contribution is 2.39. The van der Waals surface area contributed by atoms with Gasteiger partial charge in [-0.3, -0.25) is 4.90 Å². The molecule has 0 spiro atoms. The lowest BCUT2D eigenvalue weighted by molar-refractivity contribution is 0.116. The van der Waals surface area contributed by atoms with Crippen LogP contribution in [0.15, 0.2) is 24.3 Å². The molecular formula is C19H30N2O. The Kier molecular flexibility index (Phi) is 5.04. The Labute approximate surface area is 134 Å². The Morgan fingerprint density at radius 1 is 1.18 bits per heavy atom. The van der Waals surface area contributed by atoms with E-state index in [1.807, 2.05) is 6.92 Å². The molecule has 1 aromatic rings. The van der Waals surface area contributed by atoms with E-state index >= 15 is 0 Å².